The van der Waals surface area contributed by atoms with Crippen LogP contribution in [0.4, 0.5) is 5.69 Å². The van der Waals surface area contributed by atoms with E-state index < -0.39 is 0 Å². The van der Waals surface area contributed by atoms with Crippen molar-refractivity contribution < 1.29 is 4.79 Å². The van der Waals surface area contributed by atoms with Gasteiger partial charge in [-0.05, 0) is 67.1 Å². The smallest absolute Gasteiger partial charge is 0.322 e. The van der Waals surface area contributed by atoms with Gasteiger partial charge >= 0.3 is 5.69 Å². The van der Waals surface area contributed by atoms with Crippen molar-refractivity contribution in [2.24, 2.45) is 0 Å². The zero-order valence-corrected chi connectivity index (χ0v) is 12.6. The number of carbonyl (C=O) groups excluding carboxylic acids is 1. The van der Waals surface area contributed by atoms with Crippen LogP contribution < -0.4 is 11.0 Å². The Morgan fingerprint density at radius 1 is 0.913 bits per heavy atom. The lowest BCUT2D eigenvalue weighted by atomic mass is 9.90. The molecule has 4 rings (SSSR count). The van der Waals surface area contributed by atoms with Gasteiger partial charge in [-0.3, -0.25) is 4.79 Å². The van der Waals surface area contributed by atoms with Gasteiger partial charge in [-0.1, -0.05) is 6.07 Å². The van der Waals surface area contributed by atoms with Crippen molar-refractivity contribution in [3.8, 4) is 0 Å². The molecule has 2 aromatic carbocycles. The van der Waals surface area contributed by atoms with E-state index in [4.69, 9.17) is 0 Å². The summed E-state index contributed by atoms with van der Waals surface area (Å²) in [6.45, 7) is 0. The first kappa shape index (κ1) is 13.8. The third kappa shape index (κ3) is 2.65. The Labute approximate surface area is 132 Å². The second kappa shape index (κ2) is 5.43. The number of fused-ring (bicyclic) bond motifs is 2. The Hall–Kier alpha value is -2.82. The summed E-state index contributed by atoms with van der Waals surface area (Å²) in [7, 11) is 0. The molecule has 116 valence electrons. The lowest BCUT2D eigenvalue weighted by Gasteiger charge is -2.16. The lowest BCUT2D eigenvalue weighted by molar-refractivity contribution is 0.102. The third-order valence-corrected chi connectivity index (χ3v) is 4.38. The van der Waals surface area contributed by atoms with Crippen LogP contribution in [0.25, 0.3) is 11.0 Å². The van der Waals surface area contributed by atoms with Crippen LogP contribution in [0.5, 0.6) is 0 Å². The maximum absolute atomic E-state index is 12.5. The van der Waals surface area contributed by atoms with Crippen molar-refractivity contribution in [2.75, 3.05) is 5.32 Å². The van der Waals surface area contributed by atoms with Gasteiger partial charge in [-0.2, -0.15) is 0 Å². The third-order valence-electron chi connectivity index (χ3n) is 4.38. The molecule has 5 nitrogen and oxygen atoms in total. The molecule has 0 spiro atoms. The molecule has 5 heteroatoms. The number of aryl methyl sites for hydroxylation is 2. The summed E-state index contributed by atoms with van der Waals surface area (Å²) in [6, 6.07) is 11.3. The molecule has 1 amide bonds. The molecule has 3 aromatic rings. The number of H-pyrrole nitrogens is 2. The Morgan fingerprint density at radius 3 is 2.57 bits per heavy atom. The van der Waals surface area contributed by atoms with Gasteiger partial charge in [-0.15, -0.1) is 0 Å². The molecular weight excluding hydrogens is 290 g/mol. The number of aromatic nitrogens is 2. The largest absolute Gasteiger partial charge is 0.323 e. The fraction of sp³-hybridized carbons (Fsp3) is 0.222. The Kier molecular flexibility index (Phi) is 3.26. The summed E-state index contributed by atoms with van der Waals surface area (Å²) in [5, 5.41) is 2.89. The Balaban J connectivity index is 1.59. The van der Waals surface area contributed by atoms with E-state index in [2.05, 4.69) is 21.4 Å². The van der Waals surface area contributed by atoms with Crippen LogP contribution >= 0.6 is 0 Å². The van der Waals surface area contributed by atoms with E-state index in [-0.39, 0.29) is 11.6 Å². The van der Waals surface area contributed by atoms with Crippen LogP contribution in [0.1, 0.15) is 34.3 Å². The Morgan fingerprint density at radius 2 is 1.70 bits per heavy atom. The van der Waals surface area contributed by atoms with Crippen molar-refractivity contribution in [2.45, 2.75) is 25.7 Å². The molecule has 0 fully saturated rings. The fourth-order valence-corrected chi connectivity index (χ4v) is 3.19. The first-order valence-corrected chi connectivity index (χ1v) is 7.84. The number of imidazole rings is 1. The molecule has 0 saturated carbocycles. The van der Waals surface area contributed by atoms with Crippen molar-refractivity contribution >= 4 is 22.6 Å². The summed E-state index contributed by atoms with van der Waals surface area (Å²) >= 11 is 0. The van der Waals surface area contributed by atoms with Crippen molar-refractivity contribution in [1.29, 1.82) is 0 Å². The number of benzene rings is 2. The first-order chi connectivity index (χ1) is 11.2. The number of amides is 1. The summed E-state index contributed by atoms with van der Waals surface area (Å²) in [4.78, 5) is 29.1. The van der Waals surface area contributed by atoms with Crippen LogP contribution in [-0.2, 0) is 12.8 Å². The minimum atomic E-state index is -0.252. The van der Waals surface area contributed by atoms with Gasteiger partial charge in [0.25, 0.3) is 5.91 Å². The first-order valence-electron chi connectivity index (χ1n) is 7.84. The average Bonchev–Trinajstić information content (AvgIpc) is 2.93. The van der Waals surface area contributed by atoms with Crippen molar-refractivity contribution in [3.05, 3.63) is 63.6 Å². The molecule has 3 N–H and O–H groups in total. The predicted molar refractivity (Wildman–Crippen MR) is 90.0 cm³/mol. The van der Waals surface area contributed by atoms with Crippen LogP contribution in [0, 0.1) is 0 Å². The summed E-state index contributed by atoms with van der Waals surface area (Å²) in [5.41, 5.74) is 5.13. The fourth-order valence-electron chi connectivity index (χ4n) is 3.19. The second-order valence-electron chi connectivity index (χ2n) is 5.98. The predicted octanol–water partition coefficient (Wildman–Crippen LogP) is 2.99. The zero-order valence-electron chi connectivity index (χ0n) is 12.6. The van der Waals surface area contributed by atoms with Crippen LogP contribution in [0.2, 0.25) is 0 Å². The molecule has 1 aromatic heterocycles. The molecule has 0 radical (unpaired) electrons. The zero-order chi connectivity index (χ0) is 15.8. The van der Waals surface area contributed by atoms with E-state index in [0.717, 1.165) is 18.4 Å². The number of hydrogen-bond donors (Lipinski definition) is 3. The van der Waals surface area contributed by atoms with Gasteiger partial charge in [0.05, 0.1) is 11.0 Å². The standard InChI is InChI=1S/C18H17N3O2/c22-17(13-6-5-11-3-1-2-4-12(11)9-13)19-14-7-8-15-16(10-14)21-18(23)20-15/h5-10H,1-4H2,(H,19,22)(H2,20,21,23). The maximum Gasteiger partial charge on any atom is 0.323 e. The molecule has 0 unspecified atom stereocenters. The lowest BCUT2D eigenvalue weighted by Crippen LogP contribution is -2.13. The molecule has 0 atom stereocenters. The molecule has 0 aliphatic heterocycles. The van der Waals surface area contributed by atoms with E-state index in [0.29, 0.717) is 16.8 Å². The summed E-state index contributed by atoms with van der Waals surface area (Å²) in [6.07, 6.45) is 4.57. The van der Waals surface area contributed by atoms with Crippen LogP contribution in [0.3, 0.4) is 0 Å². The highest BCUT2D eigenvalue weighted by Gasteiger charge is 2.13. The average molecular weight is 307 g/mol. The minimum Gasteiger partial charge on any atom is -0.322 e. The van der Waals surface area contributed by atoms with Gasteiger partial charge in [0.2, 0.25) is 0 Å². The summed E-state index contributed by atoms with van der Waals surface area (Å²) < 4.78 is 0. The molecule has 1 aliphatic rings. The van der Waals surface area contributed by atoms with E-state index in [9.17, 15) is 9.59 Å². The van der Waals surface area contributed by atoms with Gasteiger partial charge in [-0.25, -0.2) is 4.79 Å². The highest BCUT2D eigenvalue weighted by atomic mass is 16.2. The van der Waals surface area contributed by atoms with Crippen LogP contribution in [0.15, 0.2) is 41.2 Å². The van der Waals surface area contributed by atoms with E-state index in [1.165, 1.54) is 24.0 Å². The SMILES string of the molecule is O=C(Nc1ccc2[nH]c(=O)[nH]c2c1)c1ccc2c(c1)CCCC2. The number of carbonyl (C=O) groups is 1. The highest BCUT2D eigenvalue weighted by Crippen LogP contribution is 2.23. The molecule has 1 heterocycles. The van der Waals surface area contributed by atoms with Crippen molar-refractivity contribution in [3.63, 3.8) is 0 Å². The van der Waals surface area contributed by atoms with E-state index in [1.54, 1.807) is 18.2 Å². The molecule has 0 bridgehead atoms. The Bertz CT molecular complexity index is 952. The molecular formula is C18H17N3O2. The molecule has 1 aliphatic carbocycles. The molecule has 23 heavy (non-hydrogen) atoms. The number of anilines is 1. The maximum atomic E-state index is 12.5. The van der Waals surface area contributed by atoms with E-state index >= 15 is 0 Å². The van der Waals surface area contributed by atoms with Crippen molar-refractivity contribution in [1.82, 2.24) is 9.97 Å². The quantitative estimate of drug-likeness (QED) is 0.680. The van der Waals surface area contributed by atoms with Crippen LogP contribution in [-0.4, -0.2) is 15.9 Å². The normalized spacial score (nSPS) is 13.7. The highest BCUT2D eigenvalue weighted by molar-refractivity contribution is 6.05. The van der Waals surface area contributed by atoms with Gasteiger partial charge < -0.3 is 15.3 Å². The number of rotatable bonds is 2. The van der Waals surface area contributed by atoms with Gasteiger partial charge in [0, 0.05) is 11.3 Å². The monoisotopic (exact) mass is 307 g/mol. The topological polar surface area (TPSA) is 77.8 Å². The molecule has 0 saturated heterocycles. The number of aromatic amines is 2. The van der Waals surface area contributed by atoms with E-state index in [1.807, 2.05) is 12.1 Å². The second-order valence-corrected chi connectivity index (χ2v) is 5.98. The van der Waals surface area contributed by atoms with Gasteiger partial charge in [0.1, 0.15) is 0 Å². The minimum absolute atomic E-state index is 0.129. The number of nitrogens with one attached hydrogen (secondary N) is 3. The summed E-state index contributed by atoms with van der Waals surface area (Å²) in [5.74, 6) is -0.129. The van der Waals surface area contributed by atoms with Gasteiger partial charge in [0.15, 0.2) is 0 Å². The number of hydrogen-bond acceptors (Lipinski definition) is 2.